The van der Waals surface area contributed by atoms with Gasteiger partial charge in [-0.1, -0.05) is 34.8 Å². The van der Waals surface area contributed by atoms with Crippen molar-refractivity contribution in [3.8, 4) is 0 Å². The number of rotatable bonds is 6. The highest BCUT2D eigenvalue weighted by atomic mass is 35.5. The van der Waals surface area contributed by atoms with Crippen molar-refractivity contribution in [1.82, 2.24) is 9.62 Å². The number of carbonyl (C=O) groups excluding carboxylic acids is 1. The first-order valence-corrected chi connectivity index (χ1v) is 11.7. The summed E-state index contributed by atoms with van der Waals surface area (Å²) in [6.45, 7) is 1.96. The molecule has 0 bridgehead atoms. The summed E-state index contributed by atoms with van der Waals surface area (Å²) >= 11 is 17.7. The number of nitrogens with one attached hydrogen (secondary N) is 1. The Labute approximate surface area is 185 Å². The molecule has 2 aromatic carbocycles. The van der Waals surface area contributed by atoms with E-state index in [1.165, 1.54) is 16.4 Å². The molecule has 2 aromatic rings. The van der Waals surface area contributed by atoms with E-state index in [9.17, 15) is 13.2 Å². The van der Waals surface area contributed by atoms with Crippen LogP contribution in [-0.2, 0) is 10.0 Å². The summed E-state index contributed by atoms with van der Waals surface area (Å²) in [5.74, 6) is -0.611. The zero-order valence-corrected chi connectivity index (χ0v) is 18.5. The number of benzene rings is 2. The number of piperazine rings is 1. The Kier molecular flexibility index (Phi) is 7.29. The molecule has 0 saturated carbocycles. The minimum Gasteiger partial charge on any atom is -0.369 e. The van der Waals surface area contributed by atoms with Gasteiger partial charge in [-0.05, 0) is 42.5 Å². The number of hydrogen-bond acceptors (Lipinski definition) is 4. The monoisotopic (exact) mass is 475 g/mol. The lowest BCUT2D eigenvalue weighted by Gasteiger charge is -2.35. The minimum atomic E-state index is -3.47. The first-order chi connectivity index (χ1) is 13.8. The summed E-state index contributed by atoms with van der Waals surface area (Å²) in [5.41, 5.74) is 1.27. The molecule has 0 aromatic heterocycles. The van der Waals surface area contributed by atoms with Crippen molar-refractivity contribution in [2.75, 3.05) is 43.4 Å². The molecule has 0 spiro atoms. The molecule has 1 saturated heterocycles. The van der Waals surface area contributed by atoms with Crippen LogP contribution in [0.2, 0.25) is 15.1 Å². The van der Waals surface area contributed by atoms with E-state index in [4.69, 9.17) is 34.8 Å². The van der Waals surface area contributed by atoms with Crippen molar-refractivity contribution >= 4 is 56.4 Å². The fourth-order valence-corrected chi connectivity index (χ4v) is 5.03. The van der Waals surface area contributed by atoms with Crippen LogP contribution >= 0.6 is 34.8 Å². The Balaban J connectivity index is 1.50. The topological polar surface area (TPSA) is 69.7 Å². The van der Waals surface area contributed by atoms with Gasteiger partial charge in [0.1, 0.15) is 0 Å². The number of anilines is 1. The van der Waals surface area contributed by atoms with Crippen LogP contribution in [0.4, 0.5) is 5.69 Å². The molecular weight excluding hydrogens is 457 g/mol. The second kappa shape index (κ2) is 9.53. The van der Waals surface area contributed by atoms with Gasteiger partial charge in [-0.25, -0.2) is 8.42 Å². The molecule has 29 heavy (non-hydrogen) atoms. The Bertz CT molecular complexity index is 976. The summed E-state index contributed by atoms with van der Waals surface area (Å²) in [5, 5.41) is 3.90. The summed E-state index contributed by atoms with van der Waals surface area (Å²) in [6, 6.07) is 12.0. The Morgan fingerprint density at radius 2 is 1.55 bits per heavy atom. The zero-order chi connectivity index (χ0) is 21.0. The van der Waals surface area contributed by atoms with Crippen LogP contribution in [0.3, 0.4) is 0 Å². The molecule has 1 aliphatic heterocycles. The van der Waals surface area contributed by atoms with Gasteiger partial charge in [-0.3, -0.25) is 4.79 Å². The van der Waals surface area contributed by atoms with Gasteiger partial charge < -0.3 is 10.2 Å². The number of carbonyl (C=O) groups is 1. The van der Waals surface area contributed by atoms with Crippen molar-refractivity contribution in [3.05, 3.63) is 63.1 Å². The van der Waals surface area contributed by atoms with Crippen molar-refractivity contribution in [2.24, 2.45) is 0 Å². The van der Waals surface area contributed by atoms with Crippen LogP contribution in [0.25, 0.3) is 0 Å². The summed E-state index contributed by atoms with van der Waals surface area (Å²) < 4.78 is 26.7. The molecule has 3 rings (SSSR count). The molecule has 0 aliphatic carbocycles. The van der Waals surface area contributed by atoms with Crippen LogP contribution in [0, 0.1) is 0 Å². The smallest absolute Gasteiger partial charge is 0.252 e. The molecule has 1 amide bonds. The summed E-state index contributed by atoms with van der Waals surface area (Å²) in [4.78, 5) is 14.3. The van der Waals surface area contributed by atoms with Crippen LogP contribution in [0.1, 0.15) is 10.4 Å². The lowest BCUT2D eigenvalue weighted by Crippen LogP contribution is -2.50. The van der Waals surface area contributed by atoms with Crippen LogP contribution < -0.4 is 10.2 Å². The minimum absolute atomic E-state index is 0.00246. The molecule has 156 valence electrons. The third-order valence-corrected chi connectivity index (χ3v) is 7.32. The highest BCUT2D eigenvalue weighted by molar-refractivity contribution is 7.89. The third-order valence-electron chi connectivity index (χ3n) is 4.65. The molecule has 6 nitrogen and oxygen atoms in total. The van der Waals surface area contributed by atoms with Gasteiger partial charge in [-0.15, -0.1) is 0 Å². The van der Waals surface area contributed by atoms with Gasteiger partial charge in [0.2, 0.25) is 10.0 Å². The zero-order valence-electron chi connectivity index (χ0n) is 15.4. The van der Waals surface area contributed by atoms with Crippen molar-refractivity contribution in [2.45, 2.75) is 0 Å². The van der Waals surface area contributed by atoms with E-state index < -0.39 is 15.9 Å². The van der Waals surface area contributed by atoms with Gasteiger partial charge in [0.15, 0.2) is 0 Å². The van der Waals surface area contributed by atoms with Crippen molar-refractivity contribution in [1.29, 1.82) is 0 Å². The first-order valence-electron chi connectivity index (χ1n) is 8.98. The highest BCUT2D eigenvalue weighted by Gasteiger charge is 2.27. The van der Waals surface area contributed by atoms with E-state index >= 15 is 0 Å². The Morgan fingerprint density at radius 3 is 2.17 bits per heavy atom. The first kappa shape index (κ1) is 22.2. The van der Waals surface area contributed by atoms with E-state index in [2.05, 4.69) is 10.2 Å². The standard InChI is InChI=1S/C19H20Cl3N3O3S/c20-14-1-4-16(5-2-14)24-8-10-25(11-9-24)29(27,28)12-7-23-19(26)17-6-3-15(21)13-18(17)22/h1-6,13H,7-12H2,(H,23,26). The Morgan fingerprint density at radius 1 is 0.931 bits per heavy atom. The maximum Gasteiger partial charge on any atom is 0.252 e. The molecule has 0 atom stereocenters. The number of sulfonamides is 1. The second-order valence-electron chi connectivity index (χ2n) is 6.56. The van der Waals surface area contributed by atoms with E-state index in [-0.39, 0.29) is 22.9 Å². The second-order valence-corrected chi connectivity index (χ2v) is 9.93. The quantitative estimate of drug-likeness (QED) is 0.692. The highest BCUT2D eigenvalue weighted by Crippen LogP contribution is 2.21. The van der Waals surface area contributed by atoms with E-state index in [0.717, 1.165) is 5.69 Å². The van der Waals surface area contributed by atoms with Crippen molar-refractivity contribution in [3.63, 3.8) is 0 Å². The third kappa shape index (κ3) is 5.77. The Hall–Kier alpha value is -1.51. The summed E-state index contributed by atoms with van der Waals surface area (Å²) in [6.07, 6.45) is 0. The number of amides is 1. The van der Waals surface area contributed by atoms with Crippen molar-refractivity contribution < 1.29 is 13.2 Å². The van der Waals surface area contributed by atoms with Gasteiger partial charge in [0.25, 0.3) is 5.91 Å². The largest absolute Gasteiger partial charge is 0.369 e. The number of hydrogen-bond donors (Lipinski definition) is 1. The van der Waals surface area contributed by atoms with Crippen LogP contribution in [0.5, 0.6) is 0 Å². The van der Waals surface area contributed by atoms with E-state index in [0.29, 0.717) is 36.2 Å². The molecule has 1 aliphatic rings. The van der Waals surface area contributed by atoms with Gasteiger partial charge in [0, 0.05) is 48.5 Å². The van der Waals surface area contributed by atoms with Crippen LogP contribution in [0.15, 0.2) is 42.5 Å². The van der Waals surface area contributed by atoms with Gasteiger partial charge in [0.05, 0.1) is 16.3 Å². The fourth-order valence-electron chi connectivity index (χ4n) is 3.07. The van der Waals surface area contributed by atoms with Gasteiger partial charge in [-0.2, -0.15) is 4.31 Å². The maximum atomic E-state index is 12.6. The molecule has 1 heterocycles. The maximum absolute atomic E-state index is 12.6. The molecule has 0 unspecified atom stereocenters. The normalized spacial score (nSPS) is 15.3. The molecule has 1 fully saturated rings. The lowest BCUT2D eigenvalue weighted by atomic mass is 10.2. The molecule has 10 heteroatoms. The number of halogens is 3. The van der Waals surface area contributed by atoms with Crippen LogP contribution in [-0.4, -0.2) is 57.1 Å². The molecular formula is C19H20Cl3N3O3S. The lowest BCUT2D eigenvalue weighted by molar-refractivity contribution is 0.0956. The van der Waals surface area contributed by atoms with Gasteiger partial charge >= 0.3 is 0 Å². The molecule has 1 N–H and O–H groups in total. The van der Waals surface area contributed by atoms with E-state index in [1.807, 2.05) is 24.3 Å². The fraction of sp³-hybridized carbons (Fsp3) is 0.316. The molecule has 0 radical (unpaired) electrons. The average molecular weight is 477 g/mol. The number of nitrogens with zero attached hydrogens (tertiary/aromatic N) is 2. The summed E-state index contributed by atoms with van der Waals surface area (Å²) in [7, 11) is -3.47. The SMILES string of the molecule is O=C(NCCS(=O)(=O)N1CCN(c2ccc(Cl)cc2)CC1)c1ccc(Cl)cc1Cl. The average Bonchev–Trinajstić information content (AvgIpc) is 2.68. The predicted octanol–water partition coefficient (Wildman–Crippen LogP) is 3.53. The predicted molar refractivity (Wildman–Crippen MR) is 118 cm³/mol. The van der Waals surface area contributed by atoms with E-state index in [1.54, 1.807) is 6.07 Å².